The molecule has 0 aliphatic carbocycles. The second kappa shape index (κ2) is 10.3. The average Bonchev–Trinajstić information content (AvgIpc) is 2.70. The zero-order valence-corrected chi connectivity index (χ0v) is 17.5. The van der Waals surface area contributed by atoms with Gasteiger partial charge < -0.3 is 19.7 Å². The van der Waals surface area contributed by atoms with Gasteiger partial charge in [-0.1, -0.05) is 18.5 Å². The second-order valence-corrected chi connectivity index (χ2v) is 8.95. The Kier molecular flexibility index (Phi) is 8.39. The van der Waals surface area contributed by atoms with Gasteiger partial charge in [0, 0.05) is 11.8 Å². The van der Waals surface area contributed by atoms with E-state index in [1.807, 2.05) is 6.92 Å². The summed E-state index contributed by atoms with van der Waals surface area (Å²) in [7, 11) is -3.77. The molecular weight excluding hydrogens is 427 g/mol. The van der Waals surface area contributed by atoms with Crippen molar-refractivity contribution in [2.75, 3.05) is 25.7 Å². The third-order valence-corrected chi connectivity index (χ3v) is 6.38. The van der Waals surface area contributed by atoms with Crippen molar-refractivity contribution in [2.24, 2.45) is 5.92 Å². The molecule has 0 saturated carbocycles. The number of aliphatic hydroxyl groups is 2. The molecule has 0 radical (unpaired) electrons. The van der Waals surface area contributed by atoms with Gasteiger partial charge in [0.25, 0.3) is 0 Å². The highest BCUT2D eigenvalue weighted by molar-refractivity contribution is 7.91. The number of benzene rings is 2. The predicted molar refractivity (Wildman–Crippen MR) is 107 cm³/mol. The standard InChI is InChI=1S/C19H22Cl2O6S/c1-13(9-20)11-27-19-7-6-17(8-18(19)21)28(24,25)16-4-2-15(3-5-16)26-12-14(23)10-22/h2-8,13-14,22-23H,9-12H2,1H3/t13-,14-/m0/s1. The van der Waals surface area contributed by atoms with E-state index in [1.165, 1.54) is 42.5 Å². The first-order valence-electron chi connectivity index (χ1n) is 8.53. The van der Waals surface area contributed by atoms with Gasteiger partial charge in [-0.05, 0) is 42.5 Å². The van der Waals surface area contributed by atoms with E-state index in [1.54, 1.807) is 0 Å². The lowest BCUT2D eigenvalue weighted by Gasteiger charge is -2.13. The molecule has 0 heterocycles. The molecule has 6 nitrogen and oxygen atoms in total. The molecule has 154 valence electrons. The van der Waals surface area contributed by atoms with Gasteiger partial charge >= 0.3 is 0 Å². The van der Waals surface area contributed by atoms with E-state index < -0.39 is 22.5 Å². The van der Waals surface area contributed by atoms with E-state index in [-0.39, 0.29) is 27.3 Å². The van der Waals surface area contributed by atoms with Gasteiger partial charge in [0.2, 0.25) is 9.84 Å². The van der Waals surface area contributed by atoms with Crippen LogP contribution in [-0.2, 0) is 9.84 Å². The lowest BCUT2D eigenvalue weighted by Crippen LogP contribution is -2.21. The summed E-state index contributed by atoms with van der Waals surface area (Å²) in [6.45, 7) is 1.79. The number of aliphatic hydroxyl groups excluding tert-OH is 2. The molecule has 0 amide bonds. The molecular formula is C19H22Cl2O6S. The molecule has 2 atom stereocenters. The number of sulfone groups is 1. The Balaban J connectivity index is 2.14. The first-order chi connectivity index (χ1) is 13.3. The summed E-state index contributed by atoms with van der Waals surface area (Å²) in [5.41, 5.74) is 0. The highest BCUT2D eigenvalue weighted by Gasteiger charge is 2.19. The number of hydrogen-bond acceptors (Lipinski definition) is 6. The molecule has 2 aromatic carbocycles. The van der Waals surface area contributed by atoms with E-state index >= 15 is 0 Å². The van der Waals surface area contributed by atoms with Crippen LogP contribution in [0.25, 0.3) is 0 Å². The number of rotatable bonds is 10. The van der Waals surface area contributed by atoms with Crippen LogP contribution in [0.15, 0.2) is 52.3 Å². The maximum Gasteiger partial charge on any atom is 0.206 e. The Morgan fingerprint density at radius 2 is 1.68 bits per heavy atom. The highest BCUT2D eigenvalue weighted by atomic mass is 35.5. The van der Waals surface area contributed by atoms with Crippen LogP contribution in [0, 0.1) is 5.92 Å². The largest absolute Gasteiger partial charge is 0.492 e. The normalized spacial score (nSPS) is 13.8. The number of ether oxygens (including phenoxy) is 2. The topological polar surface area (TPSA) is 93.1 Å². The average molecular weight is 449 g/mol. The van der Waals surface area contributed by atoms with Gasteiger partial charge in [-0.15, -0.1) is 11.6 Å². The van der Waals surface area contributed by atoms with Crippen molar-refractivity contribution in [3.8, 4) is 11.5 Å². The van der Waals surface area contributed by atoms with Gasteiger partial charge in [0.1, 0.15) is 24.2 Å². The summed E-state index contributed by atoms with van der Waals surface area (Å²) in [5.74, 6) is 1.36. The van der Waals surface area contributed by atoms with E-state index in [0.717, 1.165) is 0 Å². The maximum atomic E-state index is 12.8. The summed E-state index contributed by atoms with van der Waals surface area (Å²) in [4.78, 5) is 0.114. The number of halogens is 2. The molecule has 28 heavy (non-hydrogen) atoms. The van der Waals surface area contributed by atoms with Crippen LogP contribution in [0.4, 0.5) is 0 Å². The molecule has 2 rings (SSSR count). The molecule has 0 spiro atoms. The molecule has 0 fully saturated rings. The van der Waals surface area contributed by atoms with Crippen molar-refractivity contribution < 1.29 is 28.1 Å². The Morgan fingerprint density at radius 3 is 2.25 bits per heavy atom. The lowest BCUT2D eigenvalue weighted by atomic mass is 10.2. The summed E-state index contributed by atoms with van der Waals surface area (Å²) >= 11 is 11.9. The van der Waals surface area contributed by atoms with Gasteiger partial charge in [0.05, 0.1) is 28.0 Å². The molecule has 0 saturated heterocycles. The zero-order chi connectivity index (χ0) is 20.7. The summed E-state index contributed by atoms with van der Waals surface area (Å²) in [6, 6.07) is 10.0. The van der Waals surface area contributed by atoms with E-state index in [2.05, 4.69) is 0 Å². The van der Waals surface area contributed by atoms with Crippen LogP contribution < -0.4 is 9.47 Å². The third-order valence-electron chi connectivity index (χ3n) is 3.79. The Bertz CT molecular complexity index is 870. The minimum Gasteiger partial charge on any atom is -0.492 e. The van der Waals surface area contributed by atoms with Crippen molar-refractivity contribution >= 4 is 33.0 Å². The van der Waals surface area contributed by atoms with Crippen molar-refractivity contribution in [3.63, 3.8) is 0 Å². The fraction of sp³-hybridized carbons (Fsp3) is 0.368. The fourth-order valence-electron chi connectivity index (χ4n) is 2.14. The van der Waals surface area contributed by atoms with Crippen LogP contribution in [0.5, 0.6) is 11.5 Å². The SMILES string of the molecule is C[C@@H](CCl)COc1ccc(S(=O)(=O)c2ccc(OC[C@@H](O)CO)cc2)cc1Cl. The Hall–Kier alpha value is -1.51. The molecule has 0 aliphatic rings. The van der Waals surface area contributed by atoms with Crippen LogP contribution >= 0.6 is 23.2 Å². The quantitative estimate of drug-likeness (QED) is 0.542. The third kappa shape index (κ3) is 5.99. The molecule has 2 aromatic rings. The molecule has 2 N–H and O–H groups in total. The summed E-state index contributed by atoms with van der Waals surface area (Å²) in [6.07, 6.45) is -1.00. The lowest BCUT2D eigenvalue weighted by molar-refractivity contribution is 0.0536. The summed E-state index contributed by atoms with van der Waals surface area (Å²) in [5, 5.41) is 18.2. The molecule has 0 unspecified atom stereocenters. The summed E-state index contributed by atoms with van der Waals surface area (Å²) < 4.78 is 36.4. The predicted octanol–water partition coefficient (Wildman–Crippen LogP) is 3.16. The molecule has 0 bridgehead atoms. The van der Waals surface area contributed by atoms with Crippen molar-refractivity contribution in [1.82, 2.24) is 0 Å². The van der Waals surface area contributed by atoms with Gasteiger partial charge in [-0.25, -0.2) is 8.42 Å². The second-order valence-electron chi connectivity index (χ2n) is 6.28. The Labute approximate surface area is 174 Å². The van der Waals surface area contributed by atoms with Crippen molar-refractivity contribution in [3.05, 3.63) is 47.5 Å². The van der Waals surface area contributed by atoms with Crippen LogP contribution in [-0.4, -0.2) is 50.4 Å². The molecule has 0 aliphatic heterocycles. The first-order valence-corrected chi connectivity index (χ1v) is 10.9. The fourth-order valence-corrected chi connectivity index (χ4v) is 3.81. The zero-order valence-electron chi connectivity index (χ0n) is 15.2. The van der Waals surface area contributed by atoms with Crippen LogP contribution in [0.1, 0.15) is 6.92 Å². The highest BCUT2D eigenvalue weighted by Crippen LogP contribution is 2.31. The van der Waals surface area contributed by atoms with Crippen LogP contribution in [0.3, 0.4) is 0 Å². The van der Waals surface area contributed by atoms with Crippen molar-refractivity contribution in [1.29, 1.82) is 0 Å². The minimum atomic E-state index is -3.77. The van der Waals surface area contributed by atoms with Gasteiger partial charge in [0.15, 0.2) is 0 Å². The van der Waals surface area contributed by atoms with Crippen molar-refractivity contribution in [2.45, 2.75) is 22.8 Å². The Morgan fingerprint density at radius 1 is 1.04 bits per heavy atom. The van der Waals surface area contributed by atoms with E-state index in [4.69, 9.17) is 37.8 Å². The molecule has 9 heteroatoms. The van der Waals surface area contributed by atoms with Gasteiger partial charge in [-0.3, -0.25) is 0 Å². The van der Waals surface area contributed by atoms with Crippen LogP contribution in [0.2, 0.25) is 5.02 Å². The maximum absolute atomic E-state index is 12.8. The van der Waals surface area contributed by atoms with Gasteiger partial charge in [-0.2, -0.15) is 0 Å². The molecule has 0 aromatic heterocycles. The first kappa shape index (κ1) is 22.8. The van der Waals surface area contributed by atoms with E-state index in [9.17, 15) is 13.5 Å². The smallest absolute Gasteiger partial charge is 0.206 e. The minimum absolute atomic E-state index is 0.0413. The number of hydrogen-bond donors (Lipinski definition) is 2. The van der Waals surface area contributed by atoms with E-state index in [0.29, 0.717) is 24.0 Å². The number of alkyl halides is 1. The monoisotopic (exact) mass is 448 g/mol.